The fourth-order valence-electron chi connectivity index (χ4n) is 3.69. The van der Waals surface area contributed by atoms with Crippen molar-refractivity contribution in [3.8, 4) is 11.1 Å². The molecule has 148 valence electrons. The van der Waals surface area contributed by atoms with Crippen molar-refractivity contribution in [1.29, 1.82) is 0 Å². The lowest BCUT2D eigenvalue weighted by Crippen LogP contribution is -2.39. The molecule has 2 aromatic carbocycles. The van der Waals surface area contributed by atoms with Crippen LogP contribution in [0.5, 0.6) is 0 Å². The van der Waals surface area contributed by atoms with E-state index in [-0.39, 0.29) is 11.5 Å². The minimum atomic E-state index is -0.529. The molecule has 28 heavy (non-hydrogen) atoms. The molecule has 1 atom stereocenters. The Balaban J connectivity index is 0.00000136. The zero-order chi connectivity index (χ0) is 20.7. The lowest BCUT2D eigenvalue weighted by atomic mass is 9.68. The molecular formula is C23H27NO4. The number of fused-ring (bicyclic) bond motifs is 1. The molecule has 0 amide bonds. The molecule has 0 radical (unpaired) electrons. The number of ether oxygens (including phenoxy) is 1. The van der Waals surface area contributed by atoms with Crippen molar-refractivity contribution in [2.45, 2.75) is 33.1 Å². The number of ketones is 1. The molecule has 0 saturated carbocycles. The first kappa shape index (κ1) is 21.5. The van der Waals surface area contributed by atoms with Gasteiger partial charge in [-0.3, -0.25) is 14.9 Å². The van der Waals surface area contributed by atoms with Crippen LogP contribution in [0.15, 0.2) is 55.1 Å². The molecule has 5 nitrogen and oxygen atoms in total. The number of rotatable bonds is 6. The van der Waals surface area contributed by atoms with Crippen LogP contribution < -0.4 is 0 Å². The molecule has 1 aliphatic carbocycles. The van der Waals surface area contributed by atoms with Crippen LogP contribution in [0.2, 0.25) is 0 Å². The summed E-state index contributed by atoms with van der Waals surface area (Å²) in [5.41, 5.74) is 3.14. The summed E-state index contributed by atoms with van der Waals surface area (Å²) in [6, 6.07) is 12.2. The molecule has 1 aliphatic rings. The topological polar surface area (TPSA) is 69.4 Å². The van der Waals surface area contributed by atoms with Gasteiger partial charge in [0.25, 0.3) is 5.69 Å². The quantitative estimate of drug-likeness (QED) is 0.370. The Kier molecular flexibility index (Phi) is 7.24. The monoisotopic (exact) mass is 381 g/mol. The number of nitro groups is 1. The van der Waals surface area contributed by atoms with Gasteiger partial charge in [-0.05, 0) is 48.1 Å². The number of methoxy groups -OCH3 is 1. The van der Waals surface area contributed by atoms with Gasteiger partial charge in [0.1, 0.15) is 0 Å². The second-order valence-electron chi connectivity index (χ2n) is 6.71. The number of Topliss-reactive ketones (excluding diaryl/α,β-unsaturated/α-hetero) is 1. The Morgan fingerprint density at radius 1 is 1.18 bits per heavy atom. The summed E-state index contributed by atoms with van der Waals surface area (Å²) in [6.45, 7) is 8.18. The van der Waals surface area contributed by atoms with Crippen LogP contribution in [0.3, 0.4) is 0 Å². The van der Waals surface area contributed by atoms with Crippen molar-refractivity contribution in [3.05, 3.63) is 76.4 Å². The predicted octanol–water partition coefficient (Wildman–Crippen LogP) is 5.63. The van der Waals surface area contributed by atoms with E-state index in [1.807, 2.05) is 32.0 Å². The van der Waals surface area contributed by atoms with Gasteiger partial charge in [0.15, 0.2) is 5.78 Å². The van der Waals surface area contributed by atoms with Crippen LogP contribution in [0.4, 0.5) is 5.69 Å². The minimum absolute atomic E-state index is 0.0654. The second-order valence-corrected chi connectivity index (χ2v) is 6.71. The Labute approximate surface area is 166 Å². The van der Waals surface area contributed by atoms with Gasteiger partial charge >= 0.3 is 0 Å². The Hall–Kier alpha value is -2.79. The molecule has 1 unspecified atom stereocenters. The largest absolute Gasteiger partial charge is 0.384 e. The van der Waals surface area contributed by atoms with Gasteiger partial charge in [-0.15, -0.1) is 6.58 Å². The first-order valence-corrected chi connectivity index (χ1v) is 9.53. The van der Waals surface area contributed by atoms with Crippen molar-refractivity contribution in [2.24, 2.45) is 5.41 Å². The number of nitrogens with zero attached hydrogens (tertiary/aromatic N) is 1. The summed E-state index contributed by atoms with van der Waals surface area (Å²) in [5, 5.41) is 10.8. The molecule has 5 heteroatoms. The summed E-state index contributed by atoms with van der Waals surface area (Å²) in [5.74, 6) is 0.107. The summed E-state index contributed by atoms with van der Waals surface area (Å²) < 4.78 is 5.32. The van der Waals surface area contributed by atoms with Gasteiger partial charge in [0.05, 0.1) is 16.9 Å². The van der Waals surface area contributed by atoms with Crippen molar-refractivity contribution in [1.82, 2.24) is 0 Å². The molecule has 3 rings (SSSR count). The van der Waals surface area contributed by atoms with Crippen LogP contribution in [0, 0.1) is 15.5 Å². The highest BCUT2D eigenvalue weighted by molar-refractivity contribution is 6.03. The third kappa shape index (κ3) is 4.20. The highest BCUT2D eigenvalue weighted by atomic mass is 16.6. The highest BCUT2D eigenvalue weighted by Gasteiger charge is 2.41. The molecule has 0 spiro atoms. The van der Waals surface area contributed by atoms with Crippen molar-refractivity contribution < 1.29 is 14.5 Å². The molecule has 0 aliphatic heterocycles. The summed E-state index contributed by atoms with van der Waals surface area (Å²) in [6.07, 6.45) is 3.90. The van der Waals surface area contributed by atoms with Gasteiger partial charge in [-0.1, -0.05) is 38.1 Å². The minimum Gasteiger partial charge on any atom is -0.384 e. The number of carbonyl (C=O) groups is 1. The maximum absolute atomic E-state index is 13.1. The van der Waals surface area contributed by atoms with Crippen molar-refractivity contribution in [3.63, 3.8) is 0 Å². The summed E-state index contributed by atoms with van der Waals surface area (Å²) >= 11 is 0. The van der Waals surface area contributed by atoms with Gasteiger partial charge in [-0.25, -0.2) is 0 Å². The number of benzene rings is 2. The van der Waals surface area contributed by atoms with Gasteiger partial charge in [-0.2, -0.15) is 0 Å². The molecule has 0 N–H and O–H groups in total. The van der Waals surface area contributed by atoms with Crippen LogP contribution >= 0.6 is 0 Å². The average molecular weight is 381 g/mol. The highest BCUT2D eigenvalue weighted by Crippen LogP contribution is 2.40. The molecular weight excluding hydrogens is 354 g/mol. The lowest BCUT2D eigenvalue weighted by molar-refractivity contribution is -0.384. The molecule has 2 aromatic rings. The van der Waals surface area contributed by atoms with Gasteiger partial charge in [0.2, 0.25) is 0 Å². The maximum atomic E-state index is 13.1. The molecule has 0 heterocycles. The molecule has 0 saturated heterocycles. The van der Waals surface area contributed by atoms with E-state index in [4.69, 9.17) is 4.74 Å². The van der Waals surface area contributed by atoms with E-state index in [0.29, 0.717) is 13.0 Å². The normalized spacial score (nSPS) is 17.9. The maximum Gasteiger partial charge on any atom is 0.269 e. The lowest BCUT2D eigenvalue weighted by Gasteiger charge is -2.35. The number of nitro benzene ring substituents is 1. The third-order valence-electron chi connectivity index (χ3n) is 5.07. The summed E-state index contributed by atoms with van der Waals surface area (Å²) in [7, 11) is 1.62. The fourth-order valence-corrected chi connectivity index (χ4v) is 3.69. The van der Waals surface area contributed by atoms with E-state index < -0.39 is 10.3 Å². The number of carbonyl (C=O) groups excluding carboxylic acids is 1. The number of hydrogen-bond acceptors (Lipinski definition) is 4. The number of aryl methyl sites for hydroxylation is 1. The standard InChI is InChI=1S/C21H21NO4.C2H6/c1-3-11-21(14-26-2)12-10-17-13-16(6-9-19(17)20(21)23)15-4-7-18(8-5-15)22(24)25;1-2/h3-9,13H,1,10-12,14H2,2H3;1-2H3. The van der Waals surface area contributed by atoms with Gasteiger partial charge < -0.3 is 4.74 Å². The average Bonchev–Trinajstić information content (AvgIpc) is 2.72. The van der Waals surface area contributed by atoms with Crippen LogP contribution in [0.1, 0.15) is 42.6 Å². The SMILES string of the molecule is C=CCC1(COC)CCc2cc(-c3ccc([N+](=O)[O-])cc3)ccc2C1=O.CC. The molecule has 0 bridgehead atoms. The van der Waals surface area contributed by atoms with Crippen LogP contribution in [-0.4, -0.2) is 24.4 Å². The van der Waals surface area contributed by atoms with Gasteiger partial charge in [0, 0.05) is 24.8 Å². The van der Waals surface area contributed by atoms with E-state index in [1.54, 1.807) is 25.3 Å². The van der Waals surface area contributed by atoms with Crippen molar-refractivity contribution in [2.75, 3.05) is 13.7 Å². The number of allylic oxidation sites excluding steroid dienone is 1. The smallest absolute Gasteiger partial charge is 0.269 e. The first-order valence-electron chi connectivity index (χ1n) is 9.53. The Morgan fingerprint density at radius 2 is 1.82 bits per heavy atom. The van der Waals surface area contributed by atoms with E-state index >= 15 is 0 Å². The zero-order valence-corrected chi connectivity index (χ0v) is 16.7. The third-order valence-corrected chi connectivity index (χ3v) is 5.07. The van der Waals surface area contributed by atoms with E-state index in [1.165, 1.54) is 12.1 Å². The molecule has 0 fully saturated rings. The Morgan fingerprint density at radius 3 is 2.39 bits per heavy atom. The number of hydrogen-bond donors (Lipinski definition) is 0. The van der Waals surface area contributed by atoms with Crippen molar-refractivity contribution >= 4 is 11.5 Å². The molecule has 0 aromatic heterocycles. The van der Waals surface area contributed by atoms with E-state index in [2.05, 4.69) is 6.58 Å². The van der Waals surface area contributed by atoms with Crippen LogP contribution in [0.25, 0.3) is 11.1 Å². The van der Waals surface area contributed by atoms with E-state index in [9.17, 15) is 14.9 Å². The van der Waals surface area contributed by atoms with E-state index in [0.717, 1.165) is 35.1 Å². The van der Waals surface area contributed by atoms with Crippen LogP contribution in [-0.2, 0) is 11.2 Å². The fraction of sp³-hybridized carbons (Fsp3) is 0.348. The second kappa shape index (κ2) is 9.42. The number of non-ortho nitro benzene ring substituents is 1. The zero-order valence-electron chi connectivity index (χ0n) is 16.7. The Bertz CT molecular complexity index is 857. The summed E-state index contributed by atoms with van der Waals surface area (Å²) in [4.78, 5) is 23.5. The first-order chi connectivity index (χ1) is 13.5. The predicted molar refractivity (Wildman–Crippen MR) is 112 cm³/mol.